The summed E-state index contributed by atoms with van der Waals surface area (Å²) in [5.41, 5.74) is 4.52. The van der Waals surface area contributed by atoms with Crippen LogP contribution in [-0.4, -0.2) is 50.4 Å². The second kappa shape index (κ2) is 8.91. The molecule has 0 N–H and O–H groups in total. The van der Waals surface area contributed by atoms with Crippen LogP contribution in [0.3, 0.4) is 0 Å². The standard InChI is InChI=1S/C21H27N7OS/c1-4-18(5-2)27-14-17(12-24-27)21-20-7-8-22-28(20)15-19(25-21)16-11-23-26(13-16)9-6-10-30(3)29/h7-8,11-15,18H,4-6,9-10H2,1-3H3. The van der Waals surface area contributed by atoms with Crippen molar-refractivity contribution in [3.63, 3.8) is 0 Å². The van der Waals surface area contributed by atoms with Gasteiger partial charge in [0.25, 0.3) is 0 Å². The minimum absolute atomic E-state index is 0.388. The molecule has 0 aliphatic carbocycles. The van der Waals surface area contributed by atoms with Gasteiger partial charge in [0.2, 0.25) is 0 Å². The van der Waals surface area contributed by atoms with Gasteiger partial charge in [0.05, 0.1) is 47.7 Å². The second-order valence-corrected chi connectivity index (χ2v) is 8.99. The van der Waals surface area contributed by atoms with E-state index in [-0.39, 0.29) is 0 Å². The molecule has 1 atom stereocenters. The van der Waals surface area contributed by atoms with E-state index in [9.17, 15) is 4.21 Å². The first-order chi connectivity index (χ1) is 14.6. The van der Waals surface area contributed by atoms with Crippen LogP contribution in [0.2, 0.25) is 0 Å². The van der Waals surface area contributed by atoms with E-state index < -0.39 is 10.8 Å². The van der Waals surface area contributed by atoms with E-state index in [4.69, 9.17) is 4.98 Å². The SMILES string of the molecule is CCC(CC)n1cc(-c2nc(-c3cnn(CCCS(C)=O)c3)cn3nccc23)cn1. The maximum Gasteiger partial charge on any atom is 0.0999 e. The third kappa shape index (κ3) is 4.21. The predicted octanol–water partition coefficient (Wildman–Crippen LogP) is 3.59. The van der Waals surface area contributed by atoms with Crippen molar-refractivity contribution in [1.82, 2.24) is 34.2 Å². The Hall–Kier alpha value is -2.81. The zero-order valence-corrected chi connectivity index (χ0v) is 18.4. The average molecular weight is 426 g/mol. The summed E-state index contributed by atoms with van der Waals surface area (Å²) < 4.78 is 17.0. The normalized spacial score (nSPS) is 12.8. The van der Waals surface area contributed by atoms with E-state index in [0.717, 1.165) is 53.8 Å². The van der Waals surface area contributed by atoms with Crippen molar-refractivity contribution in [2.45, 2.75) is 45.7 Å². The van der Waals surface area contributed by atoms with Crippen LogP contribution in [0.5, 0.6) is 0 Å². The van der Waals surface area contributed by atoms with Crippen LogP contribution in [0, 0.1) is 0 Å². The molecule has 0 radical (unpaired) electrons. The van der Waals surface area contributed by atoms with Crippen LogP contribution in [0.4, 0.5) is 0 Å². The van der Waals surface area contributed by atoms with E-state index in [1.165, 1.54) is 0 Å². The molecule has 0 saturated carbocycles. The predicted molar refractivity (Wildman–Crippen MR) is 119 cm³/mol. The Kier molecular flexibility index (Phi) is 6.08. The largest absolute Gasteiger partial charge is 0.272 e. The van der Waals surface area contributed by atoms with Crippen LogP contribution >= 0.6 is 0 Å². The molecule has 158 valence electrons. The number of aryl methyl sites for hydroxylation is 1. The molecule has 0 saturated heterocycles. The van der Waals surface area contributed by atoms with Gasteiger partial charge in [-0.15, -0.1) is 0 Å². The van der Waals surface area contributed by atoms with E-state index in [1.54, 1.807) is 12.5 Å². The summed E-state index contributed by atoms with van der Waals surface area (Å²) >= 11 is 0. The Morgan fingerprint density at radius 3 is 2.60 bits per heavy atom. The molecular weight excluding hydrogens is 398 g/mol. The lowest BCUT2D eigenvalue weighted by Crippen LogP contribution is -2.06. The fourth-order valence-corrected chi connectivity index (χ4v) is 4.18. The van der Waals surface area contributed by atoms with Crippen molar-refractivity contribution in [3.05, 3.63) is 43.2 Å². The highest BCUT2D eigenvalue weighted by molar-refractivity contribution is 7.84. The lowest BCUT2D eigenvalue weighted by Gasteiger charge is -2.12. The lowest BCUT2D eigenvalue weighted by molar-refractivity contribution is 0.428. The van der Waals surface area contributed by atoms with Crippen LogP contribution in [0.15, 0.2) is 43.2 Å². The van der Waals surface area contributed by atoms with Crippen LogP contribution in [0.1, 0.15) is 39.2 Å². The van der Waals surface area contributed by atoms with Crippen molar-refractivity contribution in [2.24, 2.45) is 0 Å². The van der Waals surface area contributed by atoms with Crippen LogP contribution in [0.25, 0.3) is 28.0 Å². The van der Waals surface area contributed by atoms with Gasteiger partial charge in [-0.05, 0) is 25.3 Å². The zero-order chi connectivity index (χ0) is 21.1. The molecule has 0 aromatic carbocycles. The number of fused-ring (bicyclic) bond motifs is 1. The topological polar surface area (TPSA) is 82.9 Å². The van der Waals surface area contributed by atoms with Gasteiger partial charge in [0.15, 0.2) is 0 Å². The summed E-state index contributed by atoms with van der Waals surface area (Å²) in [7, 11) is -0.780. The van der Waals surface area contributed by atoms with Gasteiger partial charge in [-0.2, -0.15) is 15.3 Å². The van der Waals surface area contributed by atoms with Crippen molar-refractivity contribution < 1.29 is 4.21 Å². The number of nitrogens with zero attached hydrogens (tertiary/aromatic N) is 7. The van der Waals surface area contributed by atoms with E-state index >= 15 is 0 Å². The number of hydrogen-bond acceptors (Lipinski definition) is 5. The third-order valence-electron chi connectivity index (χ3n) is 5.33. The maximum atomic E-state index is 11.3. The zero-order valence-electron chi connectivity index (χ0n) is 17.6. The lowest BCUT2D eigenvalue weighted by atomic mass is 10.1. The first kappa shape index (κ1) is 20.5. The first-order valence-corrected chi connectivity index (χ1v) is 12.0. The summed E-state index contributed by atoms with van der Waals surface area (Å²) in [6.45, 7) is 5.09. The third-order valence-corrected chi connectivity index (χ3v) is 6.19. The van der Waals surface area contributed by atoms with Gasteiger partial charge in [-0.1, -0.05) is 13.8 Å². The number of rotatable bonds is 9. The Morgan fingerprint density at radius 2 is 1.83 bits per heavy atom. The molecule has 1 unspecified atom stereocenters. The monoisotopic (exact) mass is 425 g/mol. The smallest absolute Gasteiger partial charge is 0.0999 e. The van der Waals surface area contributed by atoms with Crippen LogP contribution < -0.4 is 0 Å². The molecule has 0 aliphatic heterocycles. The van der Waals surface area contributed by atoms with Gasteiger partial charge in [-0.25, -0.2) is 9.50 Å². The molecule has 0 aliphatic rings. The van der Waals surface area contributed by atoms with Gasteiger partial charge in [0.1, 0.15) is 0 Å². The molecule has 4 rings (SSSR count). The molecule has 30 heavy (non-hydrogen) atoms. The molecule has 9 heteroatoms. The fourth-order valence-electron chi connectivity index (χ4n) is 3.65. The molecule has 0 fully saturated rings. The molecule has 0 spiro atoms. The number of hydrogen-bond donors (Lipinski definition) is 0. The quantitative estimate of drug-likeness (QED) is 0.409. The van der Waals surface area contributed by atoms with E-state index in [1.807, 2.05) is 44.7 Å². The molecule has 0 amide bonds. The summed E-state index contributed by atoms with van der Waals surface area (Å²) in [4.78, 5) is 4.94. The second-order valence-electron chi connectivity index (χ2n) is 7.44. The molecule has 8 nitrogen and oxygen atoms in total. The Morgan fingerprint density at radius 1 is 1.03 bits per heavy atom. The van der Waals surface area contributed by atoms with Crippen molar-refractivity contribution in [2.75, 3.05) is 12.0 Å². The van der Waals surface area contributed by atoms with Gasteiger partial charge in [-0.3, -0.25) is 13.6 Å². The molecule has 0 bridgehead atoms. The highest BCUT2D eigenvalue weighted by Gasteiger charge is 2.15. The van der Waals surface area contributed by atoms with Crippen molar-refractivity contribution in [3.8, 4) is 22.5 Å². The van der Waals surface area contributed by atoms with Gasteiger partial charge >= 0.3 is 0 Å². The van der Waals surface area contributed by atoms with Gasteiger partial charge in [0, 0.05) is 52.9 Å². The highest BCUT2D eigenvalue weighted by Crippen LogP contribution is 2.27. The van der Waals surface area contributed by atoms with Crippen molar-refractivity contribution >= 4 is 16.3 Å². The summed E-state index contributed by atoms with van der Waals surface area (Å²) in [6, 6.07) is 2.35. The van der Waals surface area contributed by atoms with Gasteiger partial charge < -0.3 is 0 Å². The minimum Gasteiger partial charge on any atom is -0.272 e. The summed E-state index contributed by atoms with van der Waals surface area (Å²) in [5, 5.41) is 13.5. The van der Waals surface area contributed by atoms with Crippen molar-refractivity contribution in [1.29, 1.82) is 0 Å². The molecular formula is C21H27N7OS. The van der Waals surface area contributed by atoms with Crippen LogP contribution in [-0.2, 0) is 17.3 Å². The number of aromatic nitrogens is 7. The molecule has 4 heterocycles. The minimum atomic E-state index is -0.780. The maximum absolute atomic E-state index is 11.3. The van der Waals surface area contributed by atoms with E-state index in [0.29, 0.717) is 11.8 Å². The fraction of sp³-hybridized carbons (Fsp3) is 0.429. The summed E-state index contributed by atoms with van der Waals surface area (Å²) in [5.74, 6) is 0.678. The first-order valence-electron chi connectivity index (χ1n) is 10.3. The Balaban J connectivity index is 1.67. The highest BCUT2D eigenvalue weighted by atomic mass is 32.2. The van der Waals surface area contributed by atoms with E-state index in [2.05, 4.69) is 35.3 Å². The average Bonchev–Trinajstić information content (AvgIpc) is 3.48. The Labute approximate surface area is 178 Å². The summed E-state index contributed by atoms with van der Waals surface area (Å²) in [6.07, 6.45) is 16.1. The molecule has 4 aromatic rings. The Bertz CT molecular complexity index is 1160. The molecule has 4 aromatic heterocycles.